The molecule has 0 fully saturated rings. The van der Waals surface area contributed by atoms with E-state index in [9.17, 15) is 23.1 Å². The Morgan fingerprint density at radius 3 is 2.62 bits per heavy atom. The van der Waals surface area contributed by atoms with Crippen LogP contribution in [-0.4, -0.2) is 39.0 Å². The monoisotopic (exact) mass is 354 g/mol. The molecule has 1 atom stereocenters. The van der Waals surface area contributed by atoms with Gasteiger partial charge in [-0.05, 0) is 36.1 Å². The summed E-state index contributed by atoms with van der Waals surface area (Å²) in [5.74, 6) is -1.73. The second-order valence-corrected chi connectivity index (χ2v) is 8.20. The lowest BCUT2D eigenvalue weighted by atomic mass is 9.98. The summed E-state index contributed by atoms with van der Waals surface area (Å²) >= 11 is 0. The third-order valence-corrected chi connectivity index (χ3v) is 5.48. The van der Waals surface area contributed by atoms with E-state index in [2.05, 4.69) is 4.72 Å². The van der Waals surface area contributed by atoms with Gasteiger partial charge in [-0.25, -0.2) is 13.1 Å². The van der Waals surface area contributed by atoms with Crippen LogP contribution in [0.3, 0.4) is 0 Å². The van der Waals surface area contributed by atoms with Gasteiger partial charge < -0.3 is 10.0 Å². The number of nitrogens with one attached hydrogen (secondary N) is 1. The van der Waals surface area contributed by atoms with E-state index < -0.39 is 21.9 Å². The molecule has 2 rings (SSSR count). The zero-order valence-corrected chi connectivity index (χ0v) is 14.8. The molecule has 1 aliphatic rings. The van der Waals surface area contributed by atoms with Crippen LogP contribution in [-0.2, 0) is 26.0 Å². The van der Waals surface area contributed by atoms with Crippen LogP contribution in [0.25, 0.3) is 0 Å². The number of hydrogen-bond donors (Lipinski definition) is 2. The topological polar surface area (TPSA) is 104 Å². The van der Waals surface area contributed by atoms with Gasteiger partial charge in [0.1, 0.15) is 0 Å². The molecule has 24 heavy (non-hydrogen) atoms. The molecule has 0 aromatic heterocycles. The minimum Gasteiger partial charge on any atom is -0.481 e. The van der Waals surface area contributed by atoms with Gasteiger partial charge >= 0.3 is 5.97 Å². The molecule has 7 nitrogen and oxygen atoms in total. The van der Waals surface area contributed by atoms with Crippen LogP contribution in [0.5, 0.6) is 0 Å². The summed E-state index contributed by atoms with van der Waals surface area (Å²) in [6, 6.07) is 4.49. The minimum atomic E-state index is -3.82. The summed E-state index contributed by atoms with van der Waals surface area (Å²) in [6.07, 6.45) is 0.557. The second-order valence-electron chi connectivity index (χ2n) is 6.44. The third kappa shape index (κ3) is 3.93. The largest absolute Gasteiger partial charge is 0.481 e. The molecule has 132 valence electrons. The maximum absolute atomic E-state index is 12.4. The molecule has 1 aliphatic heterocycles. The lowest BCUT2D eigenvalue weighted by molar-refractivity contribution is -0.142. The van der Waals surface area contributed by atoms with Gasteiger partial charge in [-0.1, -0.05) is 13.8 Å². The smallest absolute Gasteiger partial charge is 0.307 e. The number of aliphatic carboxylic acids is 1. The summed E-state index contributed by atoms with van der Waals surface area (Å²) in [5.41, 5.74) is 1.35. The average molecular weight is 354 g/mol. The molecule has 0 aliphatic carbocycles. The fourth-order valence-corrected chi connectivity index (χ4v) is 3.88. The summed E-state index contributed by atoms with van der Waals surface area (Å²) in [7, 11) is -2.18. The molecule has 0 radical (unpaired) electrons. The number of amides is 1. The number of hydrogen-bond acceptors (Lipinski definition) is 4. The molecule has 1 heterocycles. The Morgan fingerprint density at radius 1 is 1.38 bits per heavy atom. The molecule has 2 N–H and O–H groups in total. The van der Waals surface area contributed by atoms with Crippen molar-refractivity contribution in [1.82, 2.24) is 4.72 Å². The number of carbonyl (C=O) groups is 2. The number of likely N-dealkylation sites (N-methyl/N-ethyl adjacent to an activating group) is 1. The zero-order chi connectivity index (χ0) is 18.1. The number of carboxylic acid groups (broad SMARTS) is 1. The van der Waals surface area contributed by atoms with E-state index in [1.165, 1.54) is 17.0 Å². The van der Waals surface area contributed by atoms with Crippen LogP contribution in [0.1, 0.15) is 25.8 Å². The number of carboxylic acids is 1. The van der Waals surface area contributed by atoms with Crippen LogP contribution >= 0.6 is 0 Å². The van der Waals surface area contributed by atoms with E-state index in [4.69, 9.17) is 0 Å². The standard InChI is InChI=1S/C16H22N2O5S/c1-10(2)6-12(16(20)21)9-17-24(22,23)13-4-5-14-11(7-13)8-15(19)18(14)3/h4-5,7,10,12,17H,6,8-9H2,1-3H3,(H,20,21). The van der Waals surface area contributed by atoms with Crippen molar-refractivity contribution in [2.45, 2.75) is 31.6 Å². The molecule has 0 saturated heterocycles. The summed E-state index contributed by atoms with van der Waals surface area (Å²) in [5, 5.41) is 9.20. The van der Waals surface area contributed by atoms with Gasteiger partial charge in [-0.15, -0.1) is 0 Å². The van der Waals surface area contributed by atoms with Crippen molar-refractivity contribution in [3.63, 3.8) is 0 Å². The summed E-state index contributed by atoms with van der Waals surface area (Å²) in [6.45, 7) is 3.61. The number of anilines is 1. The van der Waals surface area contributed by atoms with Crippen LogP contribution in [0.2, 0.25) is 0 Å². The van der Waals surface area contributed by atoms with Crippen molar-refractivity contribution in [2.24, 2.45) is 11.8 Å². The molecular weight excluding hydrogens is 332 g/mol. The first-order valence-electron chi connectivity index (χ1n) is 7.73. The van der Waals surface area contributed by atoms with Crippen LogP contribution in [0.15, 0.2) is 23.1 Å². The van der Waals surface area contributed by atoms with Crippen LogP contribution in [0.4, 0.5) is 5.69 Å². The van der Waals surface area contributed by atoms with Crippen LogP contribution < -0.4 is 9.62 Å². The van der Waals surface area contributed by atoms with Crippen molar-refractivity contribution in [2.75, 3.05) is 18.5 Å². The van der Waals surface area contributed by atoms with Crippen LogP contribution in [0, 0.1) is 11.8 Å². The lowest BCUT2D eigenvalue weighted by Crippen LogP contribution is -2.33. The van der Waals surface area contributed by atoms with Gasteiger partial charge in [-0.3, -0.25) is 9.59 Å². The molecule has 8 heteroatoms. The lowest BCUT2D eigenvalue weighted by Gasteiger charge is -2.16. The fourth-order valence-electron chi connectivity index (χ4n) is 2.75. The van der Waals surface area contributed by atoms with E-state index in [1.54, 1.807) is 13.1 Å². The number of benzene rings is 1. The van der Waals surface area contributed by atoms with Gasteiger partial charge in [0.25, 0.3) is 0 Å². The number of fused-ring (bicyclic) bond motifs is 1. The predicted octanol–water partition coefficient (Wildman–Crippen LogP) is 1.23. The molecule has 1 aromatic carbocycles. The second kappa shape index (κ2) is 6.90. The summed E-state index contributed by atoms with van der Waals surface area (Å²) < 4.78 is 27.2. The highest BCUT2D eigenvalue weighted by Gasteiger charge is 2.27. The van der Waals surface area contributed by atoms with E-state index in [-0.39, 0.29) is 29.7 Å². The van der Waals surface area contributed by atoms with Gasteiger partial charge in [0.2, 0.25) is 15.9 Å². The van der Waals surface area contributed by atoms with E-state index in [0.29, 0.717) is 17.7 Å². The SMILES string of the molecule is CC(C)CC(CNS(=O)(=O)c1ccc2c(c1)CC(=O)N2C)C(=O)O. The molecule has 0 saturated carbocycles. The first kappa shape index (κ1) is 18.4. The maximum Gasteiger partial charge on any atom is 0.307 e. The third-order valence-electron chi connectivity index (χ3n) is 4.06. The summed E-state index contributed by atoms with van der Waals surface area (Å²) in [4.78, 5) is 24.4. The van der Waals surface area contributed by atoms with Gasteiger partial charge in [0.15, 0.2) is 0 Å². The first-order valence-corrected chi connectivity index (χ1v) is 9.22. The van der Waals surface area contributed by atoms with Crippen molar-refractivity contribution in [1.29, 1.82) is 0 Å². The van der Waals surface area contributed by atoms with Crippen molar-refractivity contribution in [3.05, 3.63) is 23.8 Å². The Bertz CT molecular complexity index is 758. The average Bonchev–Trinajstić information content (AvgIpc) is 2.77. The molecule has 1 unspecified atom stereocenters. The fraction of sp³-hybridized carbons (Fsp3) is 0.500. The van der Waals surface area contributed by atoms with E-state index in [0.717, 1.165) is 0 Å². The Morgan fingerprint density at radius 2 is 2.04 bits per heavy atom. The first-order chi connectivity index (χ1) is 11.1. The van der Waals surface area contributed by atoms with Crippen molar-refractivity contribution in [3.8, 4) is 0 Å². The predicted molar refractivity (Wildman–Crippen MR) is 89.3 cm³/mol. The quantitative estimate of drug-likeness (QED) is 0.766. The van der Waals surface area contributed by atoms with E-state index in [1.807, 2.05) is 13.8 Å². The number of carbonyl (C=O) groups excluding carboxylic acids is 1. The number of nitrogens with zero attached hydrogens (tertiary/aromatic N) is 1. The normalized spacial score (nSPS) is 15.7. The van der Waals surface area contributed by atoms with Gasteiger partial charge in [0, 0.05) is 19.3 Å². The molecule has 0 bridgehead atoms. The molecular formula is C16H22N2O5S. The molecule has 1 aromatic rings. The Labute approximate surface area is 141 Å². The number of rotatable bonds is 7. The van der Waals surface area contributed by atoms with Gasteiger partial charge in [-0.2, -0.15) is 0 Å². The zero-order valence-electron chi connectivity index (χ0n) is 13.9. The van der Waals surface area contributed by atoms with Gasteiger partial charge in [0.05, 0.1) is 17.2 Å². The Kier molecular flexibility index (Phi) is 5.29. The molecule has 0 spiro atoms. The number of sulfonamides is 1. The highest BCUT2D eigenvalue weighted by atomic mass is 32.2. The highest BCUT2D eigenvalue weighted by molar-refractivity contribution is 7.89. The Hall–Kier alpha value is -1.93. The highest BCUT2D eigenvalue weighted by Crippen LogP contribution is 2.29. The Balaban J connectivity index is 2.15. The van der Waals surface area contributed by atoms with Crippen molar-refractivity contribution >= 4 is 27.6 Å². The van der Waals surface area contributed by atoms with Crippen molar-refractivity contribution < 1.29 is 23.1 Å². The van der Waals surface area contributed by atoms with E-state index >= 15 is 0 Å². The molecule has 1 amide bonds. The maximum atomic E-state index is 12.4. The minimum absolute atomic E-state index is 0.0398.